The number of nitrogens with one attached hydrogen (secondary N) is 1. The van der Waals surface area contributed by atoms with E-state index < -0.39 is 0 Å². The molecular formula is C26H24N6O2. The quantitative estimate of drug-likeness (QED) is 0.389. The van der Waals surface area contributed by atoms with Gasteiger partial charge in [0.05, 0.1) is 42.9 Å². The van der Waals surface area contributed by atoms with Crippen molar-refractivity contribution in [2.24, 2.45) is 0 Å². The molecule has 4 aromatic rings. The summed E-state index contributed by atoms with van der Waals surface area (Å²) in [7, 11) is 1.91. The molecule has 4 rings (SSSR count). The molecular weight excluding hydrogens is 428 g/mol. The summed E-state index contributed by atoms with van der Waals surface area (Å²) in [4.78, 5) is 21.3. The van der Waals surface area contributed by atoms with Crippen molar-refractivity contribution in [2.75, 3.05) is 20.2 Å². The van der Waals surface area contributed by atoms with E-state index in [1.165, 1.54) is 10.7 Å². The average molecular weight is 453 g/mol. The van der Waals surface area contributed by atoms with Crippen LogP contribution in [0.4, 0.5) is 0 Å². The topological polar surface area (TPSA) is 106 Å². The molecule has 0 saturated heterocycles. The van der Waals surface area contributed by atoms with Crippen molar-refractivity contribution in [3.63, 3.8) is 0 Å². The third-order valence-corrected chi connectivity index (χ3v) is 5.14. The number of hydrogen-bond acceptors (Lipinski definition) is 7. The maximum Gasteiger partial charge on any atom is 0.267 e. The fourth-order valence-corrected chi connectivity index (χ4v) is 3.42. The number of hydrogen-bond donors (Lipinski definition) is 1. The highest BCUT2D eigenvalue weighted by Crippen LogP contribution is 2.20. The third kappa shape index (κ3) is 5.71. The van der Waals surface area contributed by atoms with Crippen LogP contribution in [0, 0.1) is 11.3 Å². The highest BCUT2D eigenvalue weighted by molar-refractivity contribution is 5.60. The molecule has 170 valence electrons. The van der Waals surface area contributed by atoms with Crippen LogP contribution in [0.5, 0.6) is 5.75 Å². The van der Waals surface area contributed by atoms with Gasteiger partial charge in [-0.15, -0.1) is 0 Å². The lowest BCUT2D eigenvalue weighted by Gasteiger charge is -2.09. The molecule has 0 spiro atoms. The van der Waals surface area contributed by atoms with Gasteiger partial charge in [-0.1, -0.05) is 30.3 Å². The molecule has 2 heterocycles. The molecule has 0 aliphatic carbocycles. The molecule has 1 N–H and O–H groups in total. The van der Waals surface area contributed by atoms with Crippen molar-refractivity contribution in [2.45, 2.75) is 13.0 Å². The minimum absolute atomic E-state index is 0.207. The van der Waals surface area contributed by atoms with Crippen LogP contribution < -0.4 is 15.6 Å². The summed E-state index contributed by atoms with van der Waals surface area (Å²) in [6, 6.07) is 20.1. The van der Waals surface area contributed by atoms with Crippen LogP contribution in [-0.4, -0.2) is 39.9 Å². The molecule has 0 atom stereocenters. The van der Waals surface area contributed by atoms with Crippen LogP contribution in [0.15, 0.2) is 77.9 Å². The van der Waals surface area contributed by atoms with Crippen LogP contribution in [0.1, 0.15) is 17.5 Å². The van der Waals surface area contributed by atoms with Gasteiger partial charge in [0.25, 0.3) is 5.56 Å². The van der Waals surface area contributed by atoms with Gasteiger partial charge < -0.3 is 10.1 Å². The molecule has 0 saturated carbocycles. The van der Waals surface area contributed by atoms with Gasteiger partial charge in [0.2, 0.25) is 0 Å². The van der Waals surface area contributed by atoms with E-state index in [4.69, 9.17) is 10.00 Å². The smallest absolute Gasteiger partial charge is 0.267 e. The predicted molar refractivity (Wildman–Crippen MR) is 129 cm³/mol. The van der Waals surface area contributed by atoms with Crippen molar-refractivity contribution in [3.05, 3.63) is 94.5 Å². The molecule has 8 heteroatoms. The van der Waals surface area contributed by atoms with Crippen molar-refractivity contribution in [1.82, 2.24) is 25.1 Å². The molecule has 2 aromatic carbocycles. The van der Waals surface area contributed by atoms with E-state index in [0.717, 1.165) is 29.7 Å². The summed E-state index contributed by atoms with van der Waals surface area (Å²) in [6.45, 7) is 1.78. The second-order valence-electron chi connectivity index (χ2n) is 7.66. The molecule has 0 bridgehead atoms. The largest absolute Gasteiger partial charge is 0.490 e. The van der Waals surface area contributed by atoms with Gasteiger partial charge in [0, 0.05) is 17.2 Å². The lowest BCUT2D eigenvalue weighted by molar-refractivity contribution is 0.307. The van der Waals surface area contributed by atoms with Gasteiger partial charge in [0.15, 0.2) is 11.6 Å². The first-order valence-corrected chi connectivity index (χ1v) is 10.9. The minimum atomic E-state index is -0.207. The lowest BCUT2D eigenvalue weighted by atomic mass is 10.1. The van der Waals surface area contributed by atoms with Gasteiger partial charge in [0.1, 0.15) is 0 Å². The van der Waals surface area contributed by atoms with Gasteiger partial charge in [-0.2, -0.15) is 10.4 Å². The third-order valence-electron chi connectivity index (χ3n) is 5.14. The normalized spacial score (nSPS) is 10.6. The van der Waals surface area contributed by atoms with Crippen molar-refractivity contribution in [1.29, 1.82) is 5.26 Å². The zero-order chi connectivity index (χ0) is 23.8. The summed E-state index contributed by atoms with van der Waals surface area (Å²) in [5, 5.41) is 16.7. The Morgan fingerprint density at radius 1 is 1.03 bits per heavy atom. The summed E-state index contributed by atoms with van der Waals surface area (Å²) in [5.74, 6) is 1.20. The van der Waals surface area contributed by atoms with Crippen LogP contribution in [-0.2, 0) is 6.54 Å². The molecule has 34 heavy (non-hydrogen) atoms. The average Bonchev–Trinajstić information content (AvgIpc) is 2.88. The zero-order valence-electron chi connectivity index (χ0n) is 18.8. The first-order chi connectivity index (χ1) is 16.7. The molecule has 0 radical (unpaired) electrons. The Morgan fingerprint density at radius 3 is 2.62 bits per heavy atom. The van der Waals surface area contributed by atoms with Crippen LogP contribution in [0.3, 0.4) is 0 Å². The van der Waals surface area contributed by atoms with E-state index in [1.54, 1.807) is 36.7 Å². The van der Waals surface area contributed by atoms with Crippen molar-refractivity contribution in [3.8, 4) is 34.5 Å². The first-order valence-electron chi connectivity index (χ1n) is 10.9. The number of benzene rings is 2. The van der Waals surface area contributed by atoms with E-state index in [1.807, 2.05) is 37.4 Å². The second kappa shape index (κ2) is 11.0. The Morgan fingerprint density at radius 2 is 1.82 bits per heavy atom. The van der Waals surface area contributed by atoms with E-state index in [9.17, 15) is 4.79 Å². The summed E-state index contributed by atoms with van der Waals surface area (Å²) < 4.78 is 7.06. The highest BCUT2D eigenvalue weighted by Gasteiger charge is 2.08. The molecule has 8 nitrogen and oxygen atoms in total. The molecule has 2 aromatic heterocycles. The van der Waals surface area contributed by atoms with Gasteiger partial charge >= 0.3 is 0 Å². The molecule has 0 aliphatic heterocycles. The Hall–Kier alpha value is -4.35. The SMILES string of the molecule is CNCCCOc1cnc(-c2cccc(Cn3nc(-c4cccc(C#N)c4)ccc3=O)c2)nc1. The Kier molecular flexibility index (Phi) is 7.38. The number of nitriles is 1. The molecule has 0 amide bonds. The van der Waals surface area contributed by atoms with E-state index in [-0.39, 0.29) is 5.56 Å². The number of nitrogens with zero attached hydrogens (tertiary/aromatic N) is 5. The standard InChI is InChI=1S/C26H24N6O2/c1-28-11-4-12-34-23-16-29-26(30-17-23)22-8-3-6-20(14-22)18-32-25(33)10-9-24(31-32)21-7-2-5-19(13-21)15-27/h2-3,5-10,13-14,16-17,28H,4,11-12,18H2,1H3. The lowest BCUT2D eigenvalue weighted by Crippen LogP contribution is -2.22. The molecule has 0 aliphatic rings. The highest BCUT2D eigenvalue weighted by atomic mass is 16.5. The van der Waals surface area contributed by atoms with Crippen LogP contribution in [0.2, 0.25) is 0 Å². The number of ether oxygens (including phenoxy) is 1. The first kappa shape index (κ1) is 22.8. The van der Waals surface area contributed by atoms with Crippen LogP contribution in [0.25, 0.3) is 22.6 Å². The maximum absolute atomic E-state index is 12.5. The van der Waals surface area contributed by atoms with Crippen molar-refractivity contribution < 1.29 is 4.74 Å². The second-order valence-corrected chi connectivity index (χ2v) is 7.66. The monoisotopic (exact) mass is 452 g/mol. The number of rotatable bonds is 9. The Bertz CT molecular complexity index is 1360. The fourth-order valence-electron chi connectivity index (χ4n) is 3.42. The van der Waals surface area contributed by atoms with E-state index >= 15 is 0 Å². The molecule has 0 fully saturated rings. The summed E-state index contributed by atoms with van der Waals surface area (Å²) in [5.41, 5.74) is 3.47. The summed E-state index contributed by atoms with van der Waals surface area (Å²) in [6.07, 6.45) is 4.23. The minimum Gasteiger partial charge on any atom is -0.490 e. The maximum atomic E-state index is 12.5. The Labute approximate surface area is 197 Å². The van der Waals surface area contributed by atoms with Gasteiger partial charge in [-0.05, 0) is 49.8 Å². The Balaban J connectivity index is 1.51. The number of aromatic nitrogens is 4. The van der Waals surface area contributed by atoms with E-state index in [2.05, 4.69) is 26.5 Å². The van der Waals surface area contributed by atoms with Crippen molar-refractivity contribution >= 4 is 0 Å². The van der Waals surface area contributed by atoms with E-state index in [0.29, 0.717) is 36.0 Å². The predicted octanol–water partition coefficient (Wildman–Crippen LogP) is 3.28. The van der Waals surface area contributed by atoms with Crippen LogP contribution >= 0.6 is 0 Å². The van der Waals surface area contributed by atoms with Gasteiger partial charge in [-0.25, -0.2) is 14.6 Å². The zero-order valence-corrected chi connectivity index (χ0v) is 18.8. The fraction of sp³-hybridized carbons (Fsp3) is 0.192. The van der Waals surface area contributed by atoms with Gasteiger partial charge in [-0.3, -0.25) is 4.79 Å². The molecule has 0 unspecified atom stereocenters. The summed E-state index contributed by atoms with van der Waals surface area (Å²) >= 11 is 0.